The van der Waals surface area contributed by atoms with Crippen LogP contribution in [0.25, 0.3) is 0 Å². The second-order valence-corrected chi connectivity index (χ2v) is 14.1. The number of hydrogen-bond acceptors (Lipinski definition) is 6. The fourth-order valence-corrected chi connectivity index (χ4v) is 6.64. The lowest BCUT2D eigenvalue weighted by molar-refractivity contribution is -0.124. The minimum atomic E-state index is -1.01. The van der Waals surface area contributed by atoms with Gasteiger partial charge in [-0.15, -0.1) is 11.3 Å². The van der Waals surface area contributed by atoms with Crippen molar-refractivity contribution in [3.8, 4) is 17.7 Å². The lowest BCUT2D eigenvalue weighted by atomic mass is 9.81. The molecule has 0 radical (unpaired) electrons. The second-order valence-electron chi connectivity index (χ2n) is 13.1. The van der Waals surface area contributed by atoms with E-state index in [2.05, 4.69) is 28.6 Å². The molecule has 1 N–H and O–H groups in total. The van der Waals surface area contributed by atoms with E-state index in [1.807, 2.05) is 58.0 Å². The molecule has 2 aromatic rings. The summed E-state index contributed by atoms with van der Waals surface area (Å²) in [5.41, 5.74) is 1.45. The summed E-state index contributed by atoms with van der Waals surface area (Å²) in [6, 6.07) is 5.75. The van der Waals surface area contributed by atoms with Crippen LogP contribution in [-0.4, -0.2) is 53.1 Å². The van der Waals surface area contributed by atoms with E-state index in [-0.39, 0.29) is 34.3 Å². The SMILES string of the molecule is CC1CCC(C(=O)N(c2cc(C#CC(C)(C)C)sc2C(=O)O)C2CCC(Oc3cc(CN(C)C)ccn3)CC2)CC1. The highest BCUT2D eigenvalue weighted by Crippen LogP contribution is 2.39. The number of carboxylic acid groups (broad SMARTS) is 1. The molecular formula is C33H45N3O4S. The number of amides is 1. The van der Waals surface area contributed by atoms with Crippen LogP contribution in [0.2, 0.25) is 0 Å². The number of thiophene rings is 1. The Balaban J connectivity index is 1.57. The topological polar surface area (TPSA) is 83.0 Å². The smallest absolute Gasteiger partial charge is 0.348 e. The average molecular weight is 580 g/mol. The Labute approximate surface area is 249 Å². The number of nitrogens with zero attached hydrogens (tertiary/aromatic N) is 3. The molecule has 2 saturated carbocycles. The number of hydrogen-bond donors (Lipinski definition) is 1. The molecule has 8 heteroatoms. The quantitative estimate of drug-likeness (QED) is 0.345. The maximum absolute atomic E-state index is 14.2. The Morgan fingerprint density at radius 2 is 1.76 bits per heavy atom. The number of aromatic carboxylic acids is 1. The van der Waals surface area contributed by atoms with Gasteiger partial charge in [-0.25, -0.2) is 9.78 Å². The third-order valence-electron chi connectivity index (χ3n) is 7.92. The van der Waals surface area contributed by atoms with Crippen LogP contribution in [0.5, 0.6) is 5.88 Å². The fourth-order valence-electron chi connectivity index (χ4n) is 5.79. The number of pyridine rings is 1. The summed E-state index contributed by atoms with van der Waals surface area (Å²) >= 11 is 1.17. The largest absolute Gasteiger partial charge is 0.477 e. The number of aromatic nitrogens is 1. The molecule has 222 valence electrons. The number of anilines is 1. The van der Waals surface area contributed by atoms with Gasteiger partial charge >= 0.3 is 5.97 Å². The van der Waals surface area contributed by atoms with Crippen molar-refractivity contribution in [2.45, 2.75) is 97.8 Å². The van der Waals surface area contributed by atoms with Crippen LogP contribution >= 0.6 is 11.3 Å². The summed E-state index contributed by atoms with van der Waals surface area (Å²) in [6.07, 6.45) is 8.61. The zero-order chi connectivity index (χ0) is 29.7. The fraction of sp³-hybridized carbons (Fsp3) is 0.606. The Bertz CT molecular complexity index is 1270. The normalized spacial score (nSPS) is 23.0. The number of carbonyl (C=O) groups is 2. The number of rotatable bonds is 8. The molecule has 4 rings (SSSR count). The summed E-state index contributed by atoms with van der Waals surface area (Å²) in [6.45, 7) is 9.15. The monoisotopic (exact) mass is 579 g/mol. The van der Waals surface area contributed by atoms with Gasteiger partial charge in [0.15, 0.2) is 0 Å². The molecule has 7 nitrogen and oxygen atoms in total. The highest BCUT2D eigenvalue weighted by molar-refractivity contribution is 7.15. The molecule has 2 heterocycles. The number of carboxylic acids is 1. The van der Waals surface area contributed by atoms with E-state index in [4.69, 9.17) is 4.74 Å². The van der Waals surface area contributed by atoms with E-state index in [0.717, 1.165) is 63.5 Å². The van der Waals surface area contributed by atoms with Gasteiger partial charge in [-0.05, 0) is 110 Å². The molecule has 0 spiro atoms. The first-order valence-electron chi connectivity index (χ1n) is 14.9. The molecular weight excluding hydrogens is 534 g/mol. The molecule has 1 amide bonds. The van der Waals surface area contributed by atoms with Gasteiger partial charge in [-0.3, -0.25) is 4.79 Å². The third kappa shape index (κ3) is 8.56. The molecule has 2 aliphatic rings. The second kappa shape index (κ2) is 13.4. The van der Waals surface area contributed by atoms with Crippen LogP contribution < -0.4 is 9.64 Å². The minimum Gasteiger partial charge on any atom is -0.477 e. The van der Waals surface area contributed by atoms with Crippen molar-refractivity contribution in [1.29, 1.82) is 0 Å². The van der Waals surface area contributed by atoms with Gasteiger partial charge in [-0.2, -0.15) is 0 Å². The average Bonchev–Trinajstić information content (AvgIpc) is 3.33. The van der Waals surface area contributed by atoms with Crippen LogP contribution in [-0.2, 0) is 11.3 Å². The minimum absolute atomic E-state index is 0.00969. The molecule has 0 atom stereocenters. The first-order chi connectivity index (χ1) is 19.4. The molecule has 41 heavy (non-hydrogen) atoms. The standard InChI is InChI=1S/C33H45N3O4S/c1-22-7-9-24(10-8-22)31(37)36(28-20-27(15-17-33(2,3)4)41-30(28)32(38)39)25-11-13-26(14-12-25)40-29-19-23(16-18-34-29)21-35(5)6/h16,18-20,22,24-26H,7-14,21H2,1-6H3,(H,38,39). The van der Waals surface area contributed by atoms with Gasteiger partial charge in [0.2, 0.25) is 11.8 Å². The Kier molecular flexibility index (Phi) is 10.1. The molecule has 2 fully saturated rings. The summed E-state index contributed by atoms with van der Waals surface area (Å²) in [4.78, 5) is 35.8. The summed E-state index contributed by atoms with van der Waals surface area (Å²) in [5, 5.41) is 10.2. The molecule has 2 aromatic heterocycles. The van der Waals surface area contributed by atoms with Crippen LogP contribution in [0, 0.1) is 29.1 Å². The third-order valence-corrected chi connectivity index (χ3v) is 8.95. The van der Waals surface area contributed by atoms with E-state index >= 15 is 0 Å². The molecule has 2 aliphatic carbocycles. The summed E-state index contributed by atoms with van der Waals surface area (Å²) < 4.78 is 6.29. The van der Waals surface area contributed by atoms with E-state index < -0.39 is 5.97 Å². The van der Waals surface area contributed by atoms with Gasteiger partial charge in [0.05, 0.1) is 10.6 Å². The van der Waals surface area contributed by atoms with Gasteiger partial charge in [0.25, 0.3) is 0 Å². The molecule has 0 unspecified atom stereocenters. The summed E-state index contributed by atoms with van der Waals surface area (Å²) in [7, 11) is 4.07. The molecule has 0 bridgehead atoms. The van der Waals surface area contributed by atoms with E-state index in [1.165, 1.54) is 11.3 Å². The Morgan fingerprint density at radius 3 is 2.37 bits per heavy atom. The van der Waals surface area contributed by atoms with E-state index in [9.17, 15) is 14.7 Å². The van der Waals surface area contributed by atoms with Crippen LogP contribution in [0.3, 0.4) is 0 Å². The Hall–Kier alpha value is -2.89. The van der Waals surface area contributed by atoms with Crippen molar-refractivity contribution < 1.29 is 19.4 Å². The van der Waals surface area contributed by atoms with Crippen molar-refractivity contribution in [3.63, 3.8) is 0 Å². The van der Waals surface area contributed by atoms with Crippen molar-refractivity contribution >= 4 is 28.9 Å². The maximum Gasteiger partial charge on any atom is 0.348 e. The molecule has 0 aromatic carbocycles. The number of ether oxygens (including phenoxy) is 1. The van der Waals surface area contributed by atoms with Crippen molar-refractivity contribution in [2.75, 3.05) is 19.0 Å². The maximum atomic E-state index is 14.2. The predicted molar refractivity (Wildman–Crippen MR) is 165 cm³/mol. The van der Waals surface area contributed by atoms with Crippen LogP contribution in [0.4, 0.5) is 5.69 Å². The lowest BCUT2D eigenvalue weighted by Gasteiger charge is -2.39. The highest BCUT2D eigenvalue weighted by Gasteiger charge is 2.38. The van der Waals surface area contributed by atoms with Gasteiger partial charge in [0.1, 0.15) is 11.0 Å². The van der Waals surface area contributed by atoms with Crippen LogP contribution in [0.1, 0.15) is 99.2 Å². The summed E-state index contributed by atoms with van der Waals surface area (Å²) in [5.74, 6) is 6.62. The molecule has 0 aliphatic heterocycles. The highest BCUT2D eigenvalue weighted by atomic mass is 32.1. The first kappa shape index (κ1) is 31.1. The van der Waals surface area contributed by atoms with Crippen molar-refractivity contribution in [1.82, 2.24) is 9.88 Å². The molecule has 0 saturated heterocycles. The first-order valence-corrected chi connectivity index (χ1v) is 15.7. The van der Waals surface area contributed by atoms with Crippen molar-refractivity contribution in [3.05, 3.63) is 39.7 Å². The van der Waals surface area contributed by atoms with Gasteiger partial charge in [0, 0.05) is 36.2 Å². The van der Waals surface area contributed by atoms with Crippen molar-refractivity contribution in [2.24, 2.45) is 17.3 Å². The van der Waals surface area contributed by atoms with E-state index in [1.54, 1.807) is 6.20 Å². The van der Waals surface area contributed by atoms with Gasteiger partial charge < -0.3 is 19.6 Å². The zero-order valence-corrected chi connectivity index (χ0v) is 26.2. The zero-order valence-electron chi connectivity index (χ0n) is 25.4. The number of carbonyl (C=O) groups excluding carboxylic acids is 1. The Morgan fingerprint density at radius 1 is 1.07 bits per heavy atom. The lowest BCUT2D eigenvalue weighted by Crippen LogP contribution is -2.47. The van der Waals surface area contributed by atoms with E-state index in [0.29, 0.717) is 22.4 Å². The predicted octanol–water partition coefficient (Wildman–Crippen LogP) is 6.85. The van der Waals surface area contributed by atoms with Gasteiger partial charge in [-0.1, -0.05) is 18.8 Å². The van der Waals surface area contributed by atoms with Crippen LogP contribution in [0.15, 0.2) is 24.4 Å².